The van der Waals surface area contributed by atoms with Crippen molar-refractivity contribution in [2.75, 3.05) is 136 Å². The second-order valence-electron chi connectivity index (χ2n) is 18.8. The minimum Gasteiger partial charge on any atom is -0.420 e. The van der Waals surface area contributed by atoms with E-state index in [0.29, 0.717) is 141 Å². The maximum Gasteiger partial charge on any atom is 0.350 e. The number of sulfone groups is 1. The molecule has 3 aliphatic rings. The van der Waals surface area contributed by atoms with Crippen LogP contribution < -0.4 is 9.64 Å². The number of fused-ring (bicyclic) bond motifs is 1. The number of carbonyl (C=O) groups is 1. The lowest BCUT2D eigenvalue weighted by atomic mass is 9.68. The normalized spacial score (nSPS) is 17.9. The molecule has 2 atom stereocenters. The summed E-state index contributed by atoms with van der Waals surface area (Å²) in [6, 6.07) is 0.834. The smallest absolute Gasteiger partial charge is 0.350 e. The molecule has 0 radical (unpaired) electrons. The average molecular weight is 1170 g/mol. The van der Waals surface area contributed by atoms with Crippen LogP contribution in [0.2, 0.25) is 5.28 Å². The van der Waals surface area contributed by atoms with Crippen molar-refractivity contribution < 1.29 is 92.8 Å². The summed E-state index contributed by atoms with van der Waals surface area (Å²) in [4.78, 5) is 41.0. The lowest BCUT2D eigenvalue weighted by Crippen LogP contribution is -2.58. The number of anilines is 1. The molecule has 2 N–H and O–H groups in total. The van der Waals surface area contributed by atoms with E-state index in [1.165, 1.54) is 0 Å². The van der Waals surface area contributed by atoms with Gasteiger partial charge in [0.05, 0.1) is 160 Å². The molecule has 2 aliphatic heterocycles. The number of nitrogens with zero attached hydrogens (tertiary/aromatic N) is 8. The molecule has 5 heterocycles. The van der Waals surface area contributed by atoms with Crippen molar-refractivity contribution >= 4 is 51.9 Å². The summed E-state index contributed by atoms with van der Waals surface area (Å²) in [5.41, 5.74) is 1.16. The number of hydrogen-bond acceptors (Lipinski definition) is 21. The molecule has 0 bridgehead atoms. The zero-order chi connectivity index (χ0) is 55.4. The Balaban J connectivity index is 0.625. The van der Waals surface area contributed by atoms with E-state index in [4.69, 9.17) is 68.8 Å². The highest BCUT2D eigenvalue weighted by molar-refractivity contribution is 7.92. The molecule has 25 nitrogen and oxygen atoms in total. The summed E-state index contributed by atoms with van der Waals surface area (Å²) in [6.45, 7) is 6.41. The third-order valence-electron chi connectivity index (χ3n) is 12.9. The Morgan fingerprint density at radius 3 is 2.00 bits per heavy atom. The van der Waals surface area contributed by atoms with E-state index in [-0.39, 0.29) is 75.2 Å². The molecule has 1 spiro atoms. The summed E-state index contributed by atoms with van der Waals surface area (Å²) in [5, 5.41) is 13.1. The van der Waals surface area contributed by atoms with Gasteiger partial charge in [0.25, 0.3) is 0 Å². The Bertz CT molecular complexity index is 2640. The number of halogens is 4. The lowest BCUT2D eigenvalue weighted by molar-refractivity contribution is -0.136. The molecule has 1 unspecified atom stereocenters. The van der Waals surface area contributed by atoms with Crippen LogP contribution in [-0.4, -0.2) is 201 Å². The Labute approximate surface area is 453 Å². The molecule has 4 aromatic rings. The second kappa shape index (κ2) is 30.7. The summed E-state index contributed by atoms with van der Waals surface area (Å²) >= 11 is 6.40. The van der Waals surface area contributed by atoms with Crippen LogP contribution in [0.1, 0.15) is 56.9 Å². The molecule has 0 amide bonds. The molecule has 436 valence electrons. The second-order valence-corrected chi connectivity index (χ2v) is 23.1. The Kier molecular flexibility index (Phi) is 24.2. The number of rotatable bonds is 37. The topological polar surface area (TPSA) is 288 Å². The van der Waals surface area contributed by atoms with Gasteiger partial charge in [-0.15, -0.1) is 5.10 Å². The Hall–Kier alpha value is -4.04. The predicted molar refractivity (Wildman–Crippen MR) is 269 cm³/mol. The number of carbonyl (C=O) groups excluding carboxylic acids is 1. The molecule has 7 rings (SSSR count). The number of esters is 1. The minimum atomic E-state index is -4.27. The Morgan fingerprint density at radius 1 is 0.782 bits per heavy atom. The van der Waals surface area contributed by atoms with E-state index in [1.807, 2.05) is 0 Å². The quantitative estimate of drug-likeness (QED) is 0.0213. The summed E-state index contributed by atoms with van der Waals surface area (Å²) in [6.07, 6.45) is 5.65. The van der Waals surface area contributed by atoms with E-state index >= 15 is 0 Å². The van der Waals surface area contributed by atoms with Crippen LogP contribution in [0.4, 0.5) is 19.0 Å². The molecule has 3 fully saturated rings. The third kappa shape index (κ3) is 19.6. The van der Waals surface area contributed by atoms with Gasteiger partial charge in [0.2, 0.25) is 11.0 Å². The molecule has 3 aromatic heterocycles. The van der Waals surface area contributed by atoms with Crippen LogP contribution >= 0.6 is 19.2 Å². The molecular formula is C47H67ClF3N8O17PS. The SMILES string of the molecule is O=C(CCOCCOCCOCCOCCn1cc(COCCOCCOCCOCCS(=O)(=O)C2CCC3(CC2)CN(c2nc(Cl)nc4c2cnn4C2CC[C@@H](COCP(=O)(O)O)O2)C3)nn1)Oc1c(F)cc(F)cc1F. The van der Waals surface area contributed by atoms with Gasteiger partial charge >= 0.3 is 13.6 Å². The highest BCUT2D eigenvalue weighted by Crippen LogP contribution is 2.48. The maximum absolute atomic E-state index is 13.6. The highest BCUT2D eigenvalue weighted by Gasteiger charge is 2.48. The molecule has 1 aromatic carbocycles. The highest BCUT2D eigenvalue weighted by atomic mass is 35.5. The van der Waals surface area contributed by atoms with E-state index < -0.39 is 64.4 Å². The first kappa shape index (κ1) is 61.6. The van der Waals surface area contributed by atoms with E-state index in [1.54, 1.807) is 21.8 Å². The standard InChI is InChI=1S/C47H67ClF3N8O17PS/c48-46-53-44(38-27-52-59(45(38)54-46)41-2-1-36(75-41)30-74-33-77(61,62)63)57-31-47(32-57)6-3-37(4-7-47)78(64,65)24-23-72-20-19-70-17-18-71-21-22-73-29-35-28-58(56-55-35)8-10-67-12-14-69-16-15-68-13-11-66-9-5-42(60)76-43-39(50)25-34(49)26-40(43)51/h25-28,36-37,41H,1-24,29-33H2,(H2,61,62,63)/t36-,41?/m0/s1. The van der Waals surface area contributed by atoms with Crippen molar-refractivity contribution in [1.29, 1.82) is 0 Å². The number of aromatic nitrogens is 7. The monoisotopic (exact) mass is 1170 g/mol. The fourth-order valence-corrected chi connectivity index (χ4v) is 11.1. The van der Waals surface area contributed by atoms with Gasteiger partial charge in [-0.1, -0.05) is 5.21 Å². The zero-order valence-corrected chi connectivity index (χ0v) is 45.5. The van der Waals surface area contributed by atoms with Crippen LogP contribution in [0.15, 0.2) is 24.5 Å². The largest absolute Gasteiger partial charge is 0.420 e. The van der Waals surface area contributed by atoms with Crippen LogP contribution in [0.25, 0.3) is 11.0 Å². The average Bonchev–Trinajstić information content (AvgIpc) is 4.33. The number of benzene rings is 1. The van der Waals surface area contributed by atoms with E-state index in [0.717, 1.165) is 18.2 Å². The fourth-order valence-electron chi connectivity index (χ4n) is 8.98. The maximum atomic E-state index is 13.6. The molecule has 2 saturated heterocycles. The van der Waals surface area contributed by atoms with Gasteiger partial charge in [0, 0.05) is 30.6 Å². The van der Waals surface area contributed by atoms with Crippen molar-refractivity contribution in [3.63, 3.8) is 0 Å². The molecular weight excluding hydrogens is 1100 g/mol. The van der Waals surface area contributed by atoms with Crippen molar-refractivity contribution in [2.45, 2.75) is 75.7 Å². The Morgan fingerprint density at radius 2 is 1.37 bits per heavy atom. The lowest BCUT2D eigenvalue weighted by Gasteiger charge is -2.54. The van der Waals surface area contributed by atoms with Gasteiger partial charge in [-0.2, -0.15) is 15.1 Å². The van der Waals surface area contributed by atoms with Gasteiger partial charge in [-0.25, -0.2) is 31.0 Å². The molecule has 1 aliphatic carbocycles. The zero-order valence-electron chi connectivity index (χ0n) is 43.0. The molecule has 78 heavy (non-hydrogen) atoms. The van der Waals surface area contributed by atoms with E-state index in [9.17, 15) is 30.9 Å². The van der Waals surface area contributed by atoms with Gasteiger partial charge in [0.15, 0.2) is 33.3 Å². The van der Waals surface area contributed by atoms with Crippen LogP contribution in [0.3, 0.4) is 0 Å². The minimum absolute atomic E-state index is 0.0173. The first-order valence-electron chi connectivity index (χ1n) is 25.6. The van der Waals surface area contributed by atoms with Crippen molar-refractivity contribution in [2.24, 2.45) is 5.41 Å². The first-order chi connectivity index (χ1) is 37.6. The van der Waals surface area contributed by atoms with Gasteiger partial charge in [-0.05, 0) is 50.1 Å². The fraction of sp³-hybridized carbons (Fsp3) is 0.702. The van der Waals surface area contributed by atoms with Gasteiger partial charge in [0.1, 0.15) is 23.7 Å². The molecule has 1 saturated carbocycles. The summed E-state index contributed by atoms with van der Waals surface area (Å²) < 4.78 is 141. The van der Waals surface area contributed by atoms with Gasteiger partial charge in [-0.3, -0.25) is 9.36 Å². The van der Waals surface area contributed by atoms with Crippen LogP contribution in [0, 0.1) is 22.9 Å². The van der Waals surface area contributed by atoms with Crippen molar-refractivity contribution in [1.82, 2.24) is 34.7 Å². The van der Waals surface area contributed by atoms with Crippen LogP contribution in [-0.2, 0) is 79.7 Å². The summed E-state index contributed by atoms with van der Waals surface area (Å²) in [5.74, 6) is -5.03. The first-order valence-corrected chi connectivity index (χ1v) is 29.5. The van der Waals surface area contributed by atoms with Crippen LogP contribution in [0.5, 0.6) is 5.75 Å². The van der Waals surface area contributed by atoms with Crippen molar-refractivity contribution in [3.8, 4) is 5.75 Å². The van der Waals surface area contributed by atoms with Crippen molar-refractivity contribution in [3.05, 3.63) is 53.0 Å². The number of ether oxygens (including phenoxy) is 11. The third-order valence-corrected chi connectivity index (χ3v) is 15.8. The predicted octanol–water partition coefficient (Wildman–Crippen LogP) is 3.81. The summed E-state index contributed by atoms with van der Waals surface area (Å²) in [7, 11) is -7.62. The molecule has 31 heteroatoms. The number of hydrogen-bond donors (Lipinski definition) is 2. The van der Waals surface area contributed by atoms with E-state index in [2.05, 4.69) is 35.0 Å². The van der Waals surface area contributed by atoms with Gasteiger partial charge < -0.3 is 66.8 Å².